The molecule has 1 aromatic rings. The Morgan fingerprint density at radius 2 is 2.17 bits per heavy atom. The molecule has 1 aliphatic heterocycles. The zero-order valence-corrected chi connectivity index (χ0v) is 11.0. The predicted octanol–water partition coefficient (Wildman–Crippen LogP) is 1.40. The lowest BCUT2D eigenvalue weighted by molar-refractivity contribution is 0.382. The molecule has 0 aromatic carbocycles. The maximum Gasteiger partial charge on any atom is 0.205 e. The third-order valence-corrected chi connectivity index (χ3v) is 3.62. The van der Waals surface area contributed by atoms with Crippen molar-refractivity contribution in [3.8, 4) is 5.75 Å². The van der Waals surface area contributed by atoms with Crippen LogP contribution >= 0.6 is 0 Å². The van der Waals surface area contributed by atoms with Crippen molar-refractivity contribution >= 4 is 11.6 Å². The fraction of sp³-hybridized carbons (Fsp3) is 0.667. The molecule has 0 spiro atoms. The molecule has 0 atom stereocenters. The maximum atomic E-state index is 5.43. The number of hydrazine groups is 1. The van der Waals surface area contributed by atoms with Gasteiger partial charge < -0.3 is 15.1 Å². The summed E-state index contributed by atoms with van der Waals surface area (Å²) >= 11 is 0. The number of piperidine rings is 1. The summed E-state index contributed by atoms with van der Waals surface area (Å²) in [6, 6.07) is 0. The first-order valence-corrected chi connectivity index (χ1v) is 6.40. The molecule has 1 saturated heterocycles. The quantitative estimate of drug-likeness (QED) is 0.622. The number of nitrogen functional groups attached to an aromatic ring is 1. The summed E-state index contributed by atoms with van der Waals surface area (Å²) in [5.41, 5.74) is 2.54. The van der Waals surface area contributed by atoms with E-state index in [4.69, 9.17) is 10.6 Å². The Bertz CT molecular complexity index is 390. The van der Waals surface area contributed by atoms with Crippen molar-refractivity contribution in [2.45, 2.75) is 26.2 Å². The maximum absolute atomic E-state index is 5.43. The number of methoxy groups -OCH3 is 1. The van der Waals surface area contributed by atoms with Gasteiger partial charge in [0, 0.05) is 13.1 Å². The second kappa shape index (κ2) is 5.86. The van der Waals surface area contributed by atoms with E-state index >= 15 is 0 Å². The smallest absolute Gasteiger partial charge is 0.205 e. The molecule has 0 aliphatic carbocycles. The van der Waals surface area contributed by atoms with Crippen LogP contribution in [0.25, 0.3) is 0 Å². The lowest BCUT2D eigenvalue weighted by atomic mass is 9.94. The summed E-state index contributed by atoms with van der Waals surface area (Å²) in [6.45, 7) is 4.27. The molecule has 0 saturated carbocycles. The van der Waals surface area contributed by atoms with Gasteiger partial charge in [-0.25, -0.2) is 15.8 Å². The molecule has 1 aromatic heterocycles. The summed E-state index contributed by atoms with van der Waals surface area (Å²) < 4.78 is 5.36. The Morgan fingerprint density at radius 3 is 2.72 bits per heavy atom. The topological polar surface area (TPSA) is 76.3 Å². The van der Waals surface area contributed by atoms with Crippen LogP contribution in [0.15, 0.2) is 6.33 Å². The van der Waals surface area contributed by atoms with Crippen LogP contribution in [0.1, 0.15) is 26.2 Å². The molecule has 3 N–H and O–H groups in total. The molecular formula is C12H21N5O. The summed E-state index contributed by atoms with van der Waals surface area (Å²) in [5, 5.41) is 0. The van der Waals surface area contributed by atoms with Crippen LogP contribution < -0.4 is 20.9 Å². The molecule has 100 valence electrons. The van der Waals surface area contributed by atoms with Crippen LogP contribution in [0.3, 0.4) is 0 Å². The molecule has 0 bridgehead atoms. The minimum atomic E-state index is 0.528. The second-order valence-corrected chi connectivity index (χ2v) is 4.56. The molecule has 2 heterocycles. The Hall–Kier alpha value is -1.56. The number of nitrogens with two attached hydrogens (primary N) is 1. The minimum Gasteiger partial charge on any atom is -0.490 e. The molecule has 18 heavy (non-hydrogen) atoms. The summed E-state index contributed by atoms with van der Waals surface area (Å²) in [4.78, 5) is 10.6. The zero-order chi connectivity index (χ0) is 13.0. The van der Waals surface area contributed by atoms with Crippen molar-refractivity contribution in [2.24, 2.45) is 11.8 Å². The van der Waals surface area contributed by atoms with Crippen molar-refractivity contribution < 1.29 is 4.74 Å². The van der Waals surface area contributed by atoms with Crippen LogP contribution in [-0.4, -0.2) is 30.2 Å². The van der Waals surface area contributed by atoms with Crippen molar-refractivity contribution in [1.29, 1.82) is 0 Å². The highest BCUT2D eigenvalue weighted by atomic mass is 16.5. The third-order valence-electron chi connectivity index (χ3n) is 3.62. The van der Waals surface area contributed by atoms with E-state index < -0.39 is 0 Å². The molecular weight excluding hydrogens is 230 g/mol. The van der Waals surface area contributed by atoms with E-state index in [1.807, 2.05) is 0 Å². The first kappa shape index (κ1) is 12.9. The van der Waals surface area contributed by atoms with E-state index in [1.54, 1.807) is 7.11 Å². The Balaban J connectivity index is 2.18. The fourth-order valence-electron chi connectivity index (χ4n) is 2.43. The van der Waals surface area contributed by atoms with Crippen molar-refractivity contribution in [1.82, 2.24) is 9.97 Å². The first-order valence-electron chi connectivity index (χ1n) is 6.40. The van der Waals surface area contributed by atoms with E-state index in [0.717, 1.165) is 24.8 Å². The average molecular weight is 251 g/mol. The lowest BCUT2D eigenvalue weighted by Crippen LogP contribution is -2.34. The SMILES string of the molecule is CCC1CCN(c2ncnc(NN)c2OC)CC1. The van der Waals surface area contributed by atoms with Gasteiger partial charge in [-0.3, -0.25) is 0 Å². The first-order chi connectivity index (χ1) is 8.80. The highest BCUT2D eigenvalue weighted by molar-refractivity contribution is 5.64. The third kappa shape index (κ3) is 2.48. The molecule has 0 amide bonds. The summed E-state index contributed by atoms with van der Waals surface area (Å²) in [6.07, 6.45) is 5.17. The van der Waals surface area contributed by atoms with Gasteiger partial charge in [0.25, 0.3) is 0 Å². The highest BCUT2D eigenvalue weighted by Gasteiger charge is 2.23. The molecule has 6 nitrogen and oxygen atoms in total. The Morgan fingerprint density at radius 1 is 1.44 bits per heavy atom. The van der Waals surface area contributed by atoms with E-state index in [0.29, 0.717) is 11.6 Å². The Kier molecular flexibility index (Phi) is 4.19. The molecule has 6 heteroatoms. The standard InChI is InChI=1S/C12H21N5O/c1-3-9-4-6-17(7-5-9)12-10(18-2)11(16-13)14-8-15-12/h8-9H,3-7,13H2,1-2H3,(H,14,15,16). The van der Waals surface area contributed by atoms with Gasteiger partial charge in [0.1, 0.15) is 6.33 Å². The average Bonchev–Trinajstić information content (AvgIpc) is 2.46. The van der Waals surface area contributed by atoms with Crippen LogP contribution in [-0.2, 0) is 0 Å². The van der Waals surface area contributed by atoms with Crippen molar-refractivity contribution in [3.63, 3.8) is 0 Å². The van der Waals surface area contributed by atoms with Crippen molar-refractivity contribution in [3.05, 3.63) is 6.33 Å². The van der Waals surface area contributed by atoms with Crippen LogP contribution in [0.2, 0.25) is 0 Å². The van der Waals surface area contributed by atoms with Gasteiger partial charge >= 0.3 is 0 Å². The van der Waals surface area contributed by atoms with Gasteiger partial charge in [0.05, 0.1) is 7.11 Å². The van der Waals surface area contributed by atoms with Crippen molar-refractivity contribution in [2.75, 3.05) is 30.5 Å². The number of aromatic nitrogens is 2. The van der Waals surface area contributed by atoms with E-state index in [2.05, 4.69) is 27.2 Å². The summed E-state index contributed by atoms with van der Waals surface area (Å²) in [7, 11) is 1.61. The summed E-state index contributed by atoms with van der Waals surface area (Å²) in [5.74, 6) is 8.24. The zero-order valence-electron chi connectivity index (χ0n) is 11.0. The highest BCUT2D eigenvalue weighted by Crippen LogP contribution is 2.33. The number of hydrogen-bond acceptors (Lipinski definition) is 6. The Labute approximate surface area is 108 Å². The number of anilines is 2. The second-order valence-electron chi connectivity index (χ2n) is 4.56. The van der Waals surface area contributed by atoms with E-state index in [-0.39, 0.29) is 0 Å². The van der Waals surface area contributed by atoms with Crippen LogP contribution in [0.4, 0.5) is 11.6 Å². The van der Waals surface area contributed by atoms with E-state index in [1.165, 1.54) is 25.6 Å². The number of ether oxygens (including phenoxy) is 1. The minimum absolute atomic E-state index is 0.528. The predicted molar refractivity (Wildman–Crippen MR) is 71.6 cm³/mol. The molecule has 1 fully saturated rings. The molecule has 0 radical (unpaired) electrons. The van der Waals surface area contributed by atoms with Gasteiger partial charge in [-0.1, -0.05) is 13.3 Å². The van der Waals surface area contributed by atoms with E-state index in [9.17, 15) is 0 Å². The fourth-order valence-corrected chi connectivity index (χ4v) is 2.43. The monoisotopic (exact) mass is 251 g/mol. The molecule has 0 unspecified atom stereocenters. The lowest BCUT2D eigenvalue weighted by Gasteiger charge is -2.33. The van der Waals surface area contributed by atoms with Gasteiger partial charge in [-0.2, -0.15) is 0 Å². The van der Waals surface area contributed by atoms with Gasteiger partial charge in [-0.15, -0.1) is 0 Å². The molecule has 1 aliphatic rings. The number of hydrogen-bond donors (Lipinski definition) is 2. The number of rotatable bonds is 4. The number of nitrogens with zero attached hydrogens (tertiary/aromatic N) is 3. The van der Waals surface area contributed by atoms with Gasteiger partial charge in [-0.05, 0) is 18.8 Å². The van der Waals surface area contributed by atoms with Gasteiger partial charge in [0.15, 0.2) is 11.6 Å². The largest absolute Gasteiger partial charge is 0.490 e. The molecule has 2 rings (SSSR count). The van der Waals surface area contributed by atoms with Crippen LogP contribution in [0, 0.1) is 5.92 Å². The normalized spacial score (nSPS) is 16.7. The van der Waals surface area contributed by atoms with Gasteiger partial charge in [0.2, 0.25) is 5.75 Å². The van der Waals surface area contributed by atoms with Crippen LogP contribution in [0.5, 0.6) is 5.75 Å². The number of nitrogens with one attached hydrogen (secondary N) is 1.